The second-order valence-electron chi connectivity index (χ2n) is 3.04. The maximum Gasteiger partial charge on any atom is 0.0646 e. The van der Waals surface area contributed by atoms with Crippen molar-refractivity contribution < 1.29 is 0 Å². The highest BCUT2D eigenvalue weighted by Gasteiger charge is 1.96. The first-order valence-corrected chi connectivity index (χ1v) is 4.87. The molecule has 0 N–H and O–H groups in total. The van der Waals surface area contributed by atoms with Gasteiger partial charge in [-0.15, -0.1) is 0 Å². The number of hydrogen-bond acceptors (Lipinski definition) is 2. The van der Waals surface area contributed by atoms with Crippen molar-refractivity contribution in [2.24, 2.45) is 5.10 Å². The van der Waals surface area contributed by atoms with Crippen LogP contribution >= 0.6 is 15.9 Å². The van der Waals surface area contributed by atoms with Crippen LogP contribution in [0.5, 0.6) is 0 Å². The minimum atomic E-state index is 1.03. The molecule has 0 fully saturated rings. The zero-order valence-corrected chi connectivity index (χ0v) is 9.67. The summed E-state index contributed by atoms with van der Waals surface area (Å²) in [6.07, 6.45) is 0. The quantitative estimate of drug-likeness (QED) is 0.574. The summed E-state index contributed by atoms with van der Waals surface area (Å²) in [6, 6.07) is 8.13. The van der Waals surface area contributed by atoms with Crippen LogP contribution in [-0.4, -0.2) is 24.8 Å². The number of rotatable bonds is 2. The van der Waals surface area contributed by atoms with E-state index in [1.807, 2.05) is 45.3 Å². The summed E-state index contributed by atoms with van der Waals surface area (Å²) >= 11 is 3.40. The summed E-state index contributed by atoms with van der Waals surface area (Å²) < 4.78 is 1.09. The SMILES string of the molecule is C/C(=N/N(C)C)c1ccc(Br)cc1. The fraction of sp³-hybridized carbons (Fsp3) is 0.300. The third kappa shape index (κ3) is 3.19. The molecule has 0 aliphatic carbocycles. The van der Waals surface area contributed by atoms with Gasteiger partial charge in [0.15, 0.2) is 0 Å². The van der Waals surface area contributed by atoms with Crippen molar-refractivity contribution in [1.82, 2.24) is 5.01 Å². The third-order valence-electron chi connectivity index (χ3n) is 1.61. The first-order valence-electron chi connectivity index (χ1n) is 4.08. The first-order chi connectivity index (χ1) is 6.09. The van der Waals surface area contributed by atoms with Crippen molar-refractivity contribution in [2.45, 2.75) is 6.92 Å². The lowest BCUT2D eigenvalue weighted by molar-refractivity contribution is 0.438. The molecule has 1 aromatic rings. The van der Waals surface area contributed by atoms with Crippen molar-refractivity contribution in [3.63, 3.8) is 0 Å². The Morgan fingerprint density at radius 1 is 1.23 bits per heavy atom. The maximum absolute atomic E-state index is 4.31. The molecule has 0 aliphatic rings. The van der Waals surface area contributed by atoms with Gasteiger partial charge in [0.2, 0.25) is 0 Å². The van der Waals surface area contributed by atoms with Crippen LogP contribution in [0.2, 0.25) is 0 Å². The molecule has 70 valence electrons. The Morgan fingerprint density at radius 2 is 1.77 bits per heavy atom. The van der Waals surface area contributed by atoms with Crippen molar-refractivity contribution in [3.05, 3.63) is 34.3 Å². The molecular weight excluding hydrogens is 228 g/mol. The Balaban J connectivity index is 2.89. The summed E-state index contributed by atoms with van der Waals surface area (Å²) in [5.41, 5.74) is 2.18. The number of hydrogen-bond donors (Lipinski definition) is 0. The van der Waals surface area contributed by atoms with Gasteiger partial charge in [-0.1, -0.05) is 28.1 Å². The van der Waals surface area contributed by atoms with E-state index < -0.39 is 0 Å². The van der Waals surface area contributed by atoms with Crippen LogP contribution in [0.4, 0.5) is 0 Å². The molecule has 0 atom stereocenters. The molecular formula is C10H13BrN2. The Kier molecular flexibility index (Phi) is 3.48. The summed E-state index contributed by atoms with van der Waals surface area (Å²) in [6.45, 7) is 2.00. The van der Waals surface area contributed by atoms with Gasteiger partial charge in [0.05, 0.1) is 5.71 Å². The van der Waals surface area contributed by atoms with E-state index in [9.17, 15) is 0 Å². The predicted molar refractivity (Wildman–Crippen MR) is 60.0 cm³/mol. The molecule has 0 radical (unpaired) electrons. The summed E-state index contributed by atoms with van der Waals surface area (Å²) in [4.78, 5) is 0. The number of hydrazone groups is 1. The Hall–Kier alpha value is -0.830. The summed E-state index contributed by atoms with van der Waals surface area (Å²) in [5.74, 6) is 0. The highest BCUT2D eigenvalue weighted by atomic mass is 79.9. The zero-order chi connectivity index (χ0) is 9.84. The second-order valence-corrected chi connectivity index (χ2v) is 3.96. The lowest BCUT2D eigenvalue weighted by atomic mass is 10.1. The summed E-state index contributed by atoms with van der Waals surface area (Å²) in [5, 5.41) is 6.11. The molecule has 0 heterocycles. The highest BCUT2D eigenvalue weighted by molar-refractivity contribution is 9.10. The van der Waals surface area contributed by atoms with Gasteiger partial charge >= 0.3 is 0 Å². The average molecular weight is 241 g/mol. The van der Waals surface area contributed by atoms with Gasteiger partial charge in [-0.2, -0.15) is 5.10 Å². The van der Waals surface area contributed by atoms with Crippen molar-refractivity contribution in [3.8, 4) is 0 Å². The molecule has 2 nitrogen and oxygen atoms in total. The largest absolute Gasteiger partial charge is 0.303 e. The van der Waals surface area contributed by atoms with Crippen LogP contribution in [0, 0.1) is 0 Å². The molecule has 0 aliphatic heterocycles. The molecule has 0 amide bonds. The highest BCUT2D eigenvalue weighted by Crippen LogP contribution is 2.11. The van der Waals surface area contributed by atoms with Gasteiger partial charge in [0.25, 0.3) is 0 Å². The van der Waals surface area contributed by atoms with Crippen LogP contribution in [0.3, 0.4) is 0 Å². The molecule has 3 heteroatoms. The van der Waals surface area contributed by atoms with Crippen molar-refractivity contribution in [1.29, 1.82) is 0 Å². The first kappa shape index (κ1) is 10.3. The van der Waals surface area contributed by atoms with Crippen LogP contribution in [-0.2, 0) is 0 Å². The molecule has 0 spiro atoms. The van der Waals surface area contributed by atoms with E-state index in [2.05, 4.69) is 21.0 Å². The van der Waals surface area contributed by atoms with Gasteiger partial charge < -0.3 is 5.01 Å². The van der Waals surface area contributed by atoms with E-state index in [4.69, 9.17) is 0 Å². The van der Waals surface area contributed by atoms with Crippen molar-refractivity contribution >= 4 is 21.6 Å². The Morgan fingerprint density at radius 3 is 2.23 bits per heavy atom. The van der Waals surface area contributed by atoms with E-state index in [1.165, 1.54) is 0 Å². The predicted octanol–water partition coefficient (Wildman–Crippen LogP) is 2.73. The fourth-order valence-electron chi connectivity index (χ4n) is 1.05. The van der Waals surface area contributed by atoms with Gasteiger partial charge in [-0.25, -0.2) is 0 Å². The Bertz CT molecular complexity index is 301. The van der Waals surface area contributed by atoms with E-state index in [-0.39, 0.29) is 0 Å². The zero-order valence-electron chi connectivity index (χ0n) is 8.08. The lowest BCUT2D eigenvalue weighted by Crippen LogP contribution is -2.07. The number of halogens is 1. The minimum absolute atomic E-state index is 1.03. The number of nitrogens with zero attached hydrogens (tertiary/aromatic N) is 2. The fourth-order valence-corrected chi connectivity index (χ4v) is 1.31. The number of benzene rings is 1. The van der Waals surface area contributed by atoms with Gasteiger partial charge in [0.1, 0.15) is 0 Å². The second kappa shape index (κ2) is 4.42. The van der Waals surface area contributed by atoms with Gasteiger partial charge in [0, 0.05) is 18.6 Å². The minimum Gasteiger partial charge on any atom is -0.303 e. The van der Waals surface area contributed by atoms with Crippen LogP contribution in [0.25, 0.3) is 0 Å². The monoisotopic (exact) mass is 240 g/mol. The smallest absolute Gasteiger partial charge is 0.0646 e. The van der Waals surface area contributed by atoms with Gasteiger partial charge in [-0.3, -0.25) is 0 Å². The molecule has 0 saturated carbocycles. The van der Waals surface area contributed by atoms with Crippen LogP contribution in [0.1, 0.15) is 12.5 Å². The topological polar surface area (TPSA) is 15.6 Å². The molecule has 1 aromatic carbocycles. The molecule has 0 saturated heterocycles. The van der Waals surface area contributed by atoms with Gasteiger partial charge in [-0.05, 0) is 24.6 Å². The van der Waals surface area contributed by atoms with E-state index in [0.717, 1.165) is 15.7 Å². The molecule has 13 heavy (non-hydrogen) atoms. The maximum atomic E-state index is 4.31. The lowest BCUT2D eigenvalue weighted by Gasteiger charge is -2.07. The average Bonchev–Trinajstić information content (AvgIpc) is 2.04. The molecule has 0 bridgehead atoms. The summed E-state index contributed by atoms with van der Waals surface area (Å²) in [7, 11) is 3.84. The Labute approximate surface area is 87.4 Å². The molecule has 0 unspecified atom stereocenters. The molecule has 1 rings (SSSR count). The van der Waals surface area contributed by atoms with E-state index >= 15 is 0 Å². The van der Waals surface area contributed by atoms with Crippen LogP contribution in [0.15, 0.2) is 33.8 Å². The van der Waals surface area contributed by atoms with E-state index in [0.29, 0.717) is 0 Å². The van der Waals surface area contributed by atoms with Crippen LogP contribution < -0.4 is 0 Å². The standard InChI is InChI=1S/C10H13BrN2/c1-8(12-13(2)3)9-4-6-10(11)7-5-9/h4-7H,1-3H3/b12-8-. The van der Waals surface area contributed by atoms with Crippen molar-refractivity contribution in [2.75, 3.05) is 14.1 Å². The normalized spacial score (nSPS) is 11.5. The third-order valence-corrected chi connectivity index (χ3v) is 2.14. The molecule has 0 aromatic heterocycles. The van der Waals surface area contributed by atoms with E-state index in [1.54, 1.807) is 5.01 Å².